The fraction of sp³-hybridized carbons (Fsp3) is 0.0588. The summed E-state index contributed by atoms with van der Waals surface area (Å²) in [4.78, 5) is 10.3. The Kier molecular flexibility index (Phi) is 3.79. The summed E-state index contributed by atoms with van der Waals surface area (Å²) in [6.07, 6.45) is 3.88. The molecule has 3 aromatic rings. The summed E-state index contributed by atoms with van der Waals surface area (Å²) in [5.74, 6) is 0. The van der Waals surface area contributed by atoms with E-state index in [0.717, 1.165) is 22.3 Å². The van der Waals surface area contributed by atoms with Crippen LogP contribution in [0.15, 0.2) is 70.6 Å². The Bertz CT molecular complexity index is 766. The van der Waals surface area contributed by atoms with Crippen LogP contribution in [0, 0.1) is 0 Å². The molecule has 0 N–H and O–H groups in total. The van der Waals surface area contributed by atoms with Crippen molar-refractivity contribution in [3.05, 3.63) is 66.4 Å². The number of nitrogens with zero attached hydrogens (tertiary/aromatic N) is 2. The molecule has 2 nitrogen and oxygen atoms in total. The van der Waals surface area contributed by atoms with E-state index in [1.54, 1.807) is 11.8 Å². The van der Waals surface area contributed by atoms with Crippen molar-refractivity contribution >= 4 is 34.6 Å². The molecule has 2 aromatic carbocycles. The maximum Gasteiger partial charge on any atom is 0.0820 e. The van der Waals surface area contributed by atoms with E-state index in [1.807, 2.05) is 48.7 Å². The van der Waals surface area contributed by atoms with Gasteiger partial charge in [-0.3, -0.25) is 4.99 Å². The van der Waals surface area contributed by atoms with E-state index in [2.05, 4.69) is 34.4 Å². The summed E-state index contributed by atoms with van der Waals surface area (Å²) >= 11 is 1.70. The summed E-state index contributed by atoms with van der Waals surface area (Å²) < 4.78 is 0. The molecule has 3 rings (SSSR count). The molecule has 0 radical (unpaired) electrons. The zero-order valence-electron chi connectivity index (χ0n) is 11.2. The van der Waals surface area contributed by atoms with Crippen LogP contribution in [0.5, 0.6) is 0 Å². The number of rotatable bonds is 3. The van der Waals surface area contributed by atoms with Crippen molar-refractivity contribution in [1.29, 1.82) is 0 Å². The SMILES string of the molecule is CSc1ccccc1/N=C/c1ccc2ccccc2n1. The third kappa shape index (κ3) is 2.73. The van der Waals surface area contributed by atoms with Crippen LogP contribution in [0.3, 0.4) is 0 Å². The monoisotopic (exact) mass is 278 g/mol. The van der Waals surface area contributed by atoms with Gasteiger partial charge in [0.05, 0.1) is 23.1 Å². The Balaban J connectivity index is 1.94. The number of benzene rings is 2. The molecule has 0 atom stereocenters. The lowest BCUT2D eigenvalue weighted by Gasteiger charge is -2.01. The normalized spacial score (nSPS) is 11.2. The number of pyridine rings is 1. The maximum absolute atomic E-state index is 4.59. The molecular weight excluding hydrogens is 264 g/mol. The Morgan fingerprint density at radius 3 is 2.65 bits per heavy atom. The minimum absolute atomic E-state index is 0.875. The number of fused-ring (bicyclic) bond motifs is 1. The highest BCUT2D eigenvalue weighted by Crippen LogP contribution is 2.27. The predicted molar refractivity (Wildman–Crippen MR) is 87.2 cm³/mol. The standard InChI is InChI=1S/C17H14N2S/c1-20-17-9-5-4-8-16(17)18-12-14-11-10-13-6-2-3-7-15(13)19-14/h2-12H,1H3/b18-12+. The Hall–Kier alpha value is -2.13. The first kappa shape index (κ1) is 12.9. The van der Waals surface area contributed by atoms with Gasteiger partial charge in [-0.25, -0.2) is 4.98 Å². The largest absolute Gasteiger partial charge is 0.253 e. The number of aromatic nitrogens is 1. The van der Waals surface area contributed by atoms with Crippen LogP contribution in [0.2, 0.25) is 0 Å². The molecule has 0 bridgehead atoms. The van der Waals surface area contributed by atoms with Crippen molar-refractivity contribution in [3.8, 4) is 0 Å². The van der Waals surface area contributed by atoms with Crippen molar-refractivity contribution in [1.82, 2.24) is 4.98 Å². The Labute approximate surface area is 122 Å². The summed E-state index contributed by atoms with van der Waals surface area (Å²) in [5, 5.41) is 1.15. The molecular formula is C17H14N2S. The van der Waals surface area contributed by atoms with Crippen LogP contribution < -0.4 is 0 Å². The van der Waals surface area contributed by atoms with Crippen LogP contribution in [-0.4, -0.2) is 17.5 Å². The van der Waals surface area contributed by atoms with Crippen LogP contribution in [0.4, 0.5) is 5.69 Å². The van der Waals surface area contributed by atoms with Crippen LogP contribution in [0.1, 0.15) is 5.69 Å². The molecule has 1 heterocycles. The first-order valence-corrected chi connectivity index (χ1v) is 7.62. The lowest BCUT2D eigenvalue weighted by molar-refractivity contribution is 1.35. The van der Waals surface area contributed by atoms with E-state index >= 15 is 0 Å². The number of thioether (sulfide) groups is 1. The van der Waals surface area contributed by atoms with Crippen LogP contribution >= 0.6 is 11.8 Å². The molecule has 20 heavy (non-hydrogen) atoms. The maximum atomic E-state index is 4.59. The van der Waals surface area contributed by atoms with Crippen molar-refractivity contribution in [3.63, 3.8) is 0 Å². The van der Waals surface area contributed by atoms with Crippen molar-refractivity contribution < 1.29 is 0 Å². The highest BCUT2D eigenvalue weighted by molar-refractivity contribution is 7.98. The molecule has 3 heteroatoms. The second kappa shape index (κ2) is 5.88. The van der Waals surface area contributed by atoms with Crippen molar-refractivity contribution in [2.45, 2.75) is 4.90 Å². The van der Waals surface area contributed by atoms with Gasteiger partial charge in [-0.05, 0) is 30.5 Å². The molecule has 98 valence electrons. The third-order valence-corrected chi connectivity index (χ3v) is 3.83. The van der Waals surface area contributed by atoms with E-state index in [-0.39, 0.29) is 0 Å². The average Bonchev–Trinajstić information content (AvgIpc) is 2.53. The van der Waals surface area contributed by atoms with E-state index < -0.39 is 0 Å². The lowest BCUT2D eigenvalue weighted by atomic mass is 10.2. The highest BCUT2D eigenvalue weighted by Gasteiger charge is 1.98. The molecule has 1 aromatic heterocycles. The van der Waals surface area contributed by atoms with Gasteiger partial charge < -0.3 is 0 Å². The number of para-hydroxylation sites is 2. The molecule has 0 saturated carbocycles. The first-order chi connectivity index (χ1) is 9.86. The fourth-order valence-electron chi connectivity index (χ4n) is 2.03. The minimum Gasteiger partial charge on any atom is -0.253 e. The Morgan fingerprint density at radius 2 is 1.75 bits per heavy atom. The van der Waals surface area contributed by atoms with E-state index in [1.165, 1.54) is 4.90 Å². The molecule has 0 spiro atoms. The predicted octanol–water partition coefficient (Wildman–Crippen LogP) is 4.71. The molecule has 0 amide bonds. The molecule has 0 aliphatic heterocycles. The van der Waals surface area contributed by atoms with Gasteiger partial charge in [0, 0.05) is 10.3 Å². The van der Waals surface area contributed by atoms with E-state index in [0.29, 0.717) is 0 Å². The van der Waals surface area contributed by atoms with Gasteiger partial charge in [0.15, 0.2) is 0 Å². The molecule has 0 aliphatic rings. The summed E-state index contributed by atoms with van der Waals surface area (Å²) in [5.41, 5.74) is 2.85. The second-order valence-electron chi connectivity index (χ2n) is 4.36. The minimum atomic E-state index is 0.875. The second-order valence-corrected chi connectivity index (χ2v) is 5.21. The van der Waals surface area contributed by atoms with E-state index in [9.17, 15) is 0 Å². The zero-order chi connectivity index (χ0) is 13.8. The fourth-order valence-corrected chi connectivity index (χ4v) is 2.57. The van der Waals surface area contributed by atoms with Gasteiger partial charge >= 0.3 is 0 Å². The smallest absolute Gasteiger partial charge is 0.0820 e. The van der Waals surface area contributed by atoms with Crippen molar-refractivity contribution in [2.75, 3.05) is 6.26 Å². The van der Waals surface area contributed by atoms with Gasteiger partial charge in [-0.15, -0.1) is 11.8 Å². The molecule has 0 fully saturated rings. The highest BCUT2D eigenvalue weighted by atomic mass is 32.2. The van der Waals surface area contributed by atoms with E-state index in [4.69, 9.17) is 0 Å². The lowest BCUT2D eigenvalue weighted by Crippen LogP contribution is -1.88. The van der Waals surface area contributed by atoms with Gasteiger partial charge in [0.2, 0.25) is 0 Å². The zero-order valence-corrected chi connectivity index (χ0v) is 12.0. The Morgan fingerprint density at radius 1 is 0.950 bits per heavy atom. The van der Waals surface area contributed by atoms with Crippen LogP contribution in [0.25, 0.3) is 10.9 Å². The van der Waals surface area contributed by atoms with Gasteiger partial charge in [0.1, 0.15) is 0 Å². The number of hydrogen-bond acceptors (Lipinski definition) is 3. The summed E-state index contributed by atoms with van der Waals surface area (Å²) in [6, 6.07) is 20.3. The van der Waals surface area contributed by atoms with Gasteiger partial charge in [-0.1, -0.05) is 36.4 Å². The summed E-state index contributed by atoms with van der Waals surface area (Å²) in [7, 11) is 0. The number of aliphatic imine (C=N–C) groups is 1. The quantitative estimate of drug-likeness (QED) is 0.512. The first-order valence-electron chi connectivity index (χ1n) is 6.40. The molecule has 0 unspecified atom stereocenters. The third-order valence-electron chi connectivity index (χ3n) is 3.04. The molecule has 0 aliphatic carbocycles. The topological polar surface area (TPSA) is 25.2 Å². The van der Waals surface area contributed by atoms with Crippen molar-refractivity contribution in [2.24, 2.45) is 4.99 Å². The average molecular weight is 278 g/mol. The van der Waals surface area contributed by atoms with Gasteiger partial charge in [-0.2, -0.15) is 0 Å². The summed E-state index contributed by atoms with van der Waals surface area (Å²) in [6.45, 7) is 0. The number of hydrogen-bond donors (Lipinski definition) is 0. The van der Waals surface area contributed by atoms with Crippen LogP contribution in [-0.2, 0) is 0 Å². The molecule has 0 saturated heterocycles. The van der Waals surface area contributed by atoms with Gasteiger partial charge in [0.25, 0.3) is 0 Å².